The molecule has 3 nitrogen and oxygen atoms in total. The number of aromatic nitrogens is 1. The Labute approximate surface area is 96.6 Å². The molecule has 0 radical (unpaired) electrons. The Morgan fingerprint density at radius 2 is 2.27 bits per heavy atom. The summed E-state index contributed by atoms with van der Waals surface area (Å²) >= 11 is 3.53. The van der Waals surface area contributed by atoms with Gasteiger partial charge in [-0.05, 0) is 40.5 Å². The molecule has 0 aliphatic heterocycles. The predicted molar refractivity (Wildman–Crippen MR) is 63.8 cm³/mol. The first-order valence-electron chi connectivity index (χ1n) is 4.80. The molecule has 3 N–H and O–H groups in total. The van der Waals surface area contributed by atoms with Crippen molar-refractivity contribution in [2.24, 2.45) is 5.73 Å². The van der Waals surface area contributed by atoms with E-state index in [1.165, 1.54) is 0 Å². The van der Waals surface area contributed by atoms with Gasteiger partial charge < -0.3 is 15.2 Å². The summed E-state index contributed by atoms with van der Waals surface area (Å²) < 4.78 is 2.99. The fraction of sp³-hybridized carbons (Fsp3) is 0.273. The molecule has 2 heterocycles. The molecule has 0 bridgehead atoms. The molecule has 4 heteroatoms. The van der Waals surface area contributed by atoms with Crippen LogP contribution in [-0.2, 0) is 0 Å². The number of hydrogen-bond acceptors (Lipinski definition) is 2. The molecule has 0 aromatic carbocycles. The lowest BCUT2D eigenvalue weighted by Crippen LogP contribution is -2.14. The standard InChI is InChI=1S/C11H13BrN2O/c1-7-10(12)8-4-2-3-5-14(8)11(7)9(15)6-13/h2-5,9,15H,6,13H2,1H3. The zero-order valence-corrected chi connectivity index (χ0v) is 10.0. The minimum atomic E-state index is -0.619. The second-order valence-electron chi connectivity index (χ2n) is 3.53. The fourth-order valence-electron chi connectivity index (χ4n) is 1.84. The molecule has 0 saturated carbocycles. The normalized spacial score (nSPS) is 13.3. The number of aliphatic hydroxyl groups excluding tert-OH is 1. The minimum Gasteiger partial charge on any atom is -0.386 e. The summed E-state index contributed by atoms with van der Waals surface area (Å²) in [5, 5.41) is 9.85. The summed E-state index contributed by atoms with van der Waals surface area (Å²) in [6, 6.07) is 5.91. The van der Waals surface area contributed by atoms with Crippen molar-refractivity contribution in [2.45, 2.75) is 13.0 Å². The van der Waals surface area contributed by atoms with Crippen molar-refractivity contribution in [1.82, 2.24) is 4.40 Å². The molecule has 80 valence electrons. The van der Waals surface area contributed by atoms with E-state index >= 15 is 0 Å². The fourth-order valence-corrected chi connectivity index (χ4v) is 2.37. The van der Waals surface area contributed by atoms with Crippen LogP contribution < -0.4 is 5.73 Å². The van der Waals surface area contributed by atoms with Crippen molar-refractivity contribution in [2.75, 3.05) is 6.54 Å². The lowest BCUT2D eigenvalue weighted by atomic mass is 10.2. The van der Waals surface area contributed by atoms with Gasteiger partial charge in [-0.25, -0.2) is 0 Å². The average Bonchev–Trinajstić information content (AvgIpc) is 2.52. The maximum Gasteiger partial charge on any atom is 0.107 e. The maximum atomic E-state index is 9.85. The number of halogens is 1. The van der Waals surface area contributed by atoms with E-state index in [0.717, 1.165) is 21.2 Å². The first kappa shape index (κ1) is 10.7. The van der Waals surface area contributed by atoms with E-state index in [-0.39, 0.29) is 6.54 Å². The number of fused-ring (bicyclic) bond motifs is 1. The van der Waals surface area contributed by atoms with Gasteiger partial charge in [-0.2, -0.15) is 0 Å². The number of nitrogens with two attached hydrogens (primary N) is 1. The summed E-state index contributed by atoms with van der Waals surface area (Å²) in [4.78, 5) is 0. The van der Waals surface area contributed by atoms with Crippen LogP contribution in [0, 0.1) is 6.92 Å². The van der Waals surface area contributed by atoms with Gasteiger partial charge in [-0.3, -0.25) is 0 Å². The Hall–Kier alpha value is -0.840. The lowest BCUT2D eigenvalue weighted by molar-refractivity contribution is 0.180. The molecule has 2 rings (SSSR count). The molecule has 0 spiro atoms. The first-order chi connectivity index (χ1) is 7.16. The van der Waals surface area contributed by atoms with Crippen molar-refractivity contribution < 1.29 is 5.11 Å². The van der Waals surface area contributed by atoms with Gasteiger partial charge in [0, 0.05) is 17.2 Å². The largest absolute Gasteiger partial charge is 0.386 e. The average molecular weight is 269 g/mol. The second kappa shape index (κ2) is 3.96. The van der Waals surface area contributed by atoms with Crippen molar-refractivity contribution in [3.63, 3.8) is 0 Å². The molecule has 0 saturated heterocycles. The molecule has 15 heavy (non-hydrogen) atoms. The van der Waals surface area contributed by atoms with Crippen molar-refractivity contribution >= 4 is 21.4 Å². The monoisotopic (exact) mass is 268 g/mol. The van der Waals surface area contributed by atoms with E-state index in [9.17, 15) is 5.11 Å². The first-order valence-corrected chi connectivity index (χ1v) is 5.59. The third kappa shape index (κ3) is 1.58. The maximum absolute atomic E-state index is 9.85. The Morgan fingerprint density at radius 1 is 1.53 bits per heavy atom. The highest BCUT2D eigenvalue weighted by Gasteiger charge is 2.17. The van der Waals surface area contributed by atoms with E-state index in [4.69, 9.17) is 5.73 Å². The minimum absolute atomic E-state index is 0.230. The molecular weight excluding hydrogens is 256 g/mol. The van der Waals surface area contributed by atoms with Gasteiger partial charge >= 0.3 is 0 Å². The third-order valence-electron chi connectivity index (χ3n) is 2.60. The second-order valence-corrected chi connectivity index (χ2v) is 4.32. The zero-order chi connectivity index (χ0) is 11.0. The molecular formula is C11H13BrN2O. The van der Waals surface area contributed by atoms with Gasteiger partial charge in [0.2, 0.25) is 0 Å². The van der Waals surface area contributed by atoms with Crippen LogP contribution >= 0.6 is 15.9 Å². The van der Waals surface area contributed by atoms with Crippen LogP contribution in [0.4, 0.5) is 0 Å². The van der Waals surface area contributed by atoms with Crippen LogP contribution in [0.15, 0.2) is 28.9 Å². The quantitative estimate of drug-likeness (QED) is 0.876. The Bertz CT molecular complexity index is 493. The molecule has 1 atom stereocenters. The van der Waals surface area contributed by atoms with Crippen molar-refractivity contribution in [3.8, 4) is 0 Å². The highest BCUT2D eigenvalue weighted by molar-refractivity contribution is 9.10. The van der Waals surface area contributed by atoms with Crippen LogP contribution in [-0.4, -0.2) is 16.1 Å². The number of rotatable bonds is 2. The summed E-state index contributed by atoms with van der Waals surface area (Å²) in [5.41, 5.74) is 8.45. The molecule has 0 aliphatic rings. The number of pyridine rings is 1. The third-order valence-corrected chi connectivity index (χ3v) is 3.60. The van der Waals surface area contributed by atoms with Crippen LogP contribution in [0.5, 0.6) is 0 Å². The van der Waals surface area contributed by atoms with Gasteiger partial charge in [0.1, 0.15) is 6.10 Å². The van der Waals surface area contributed by atoms with Crippen LogP contribution in [0.3, 0.4) is 0 Å². The Kier molecular flexibility index (Phi) is 2.82. The number of hydrogen-bond donors (Lipinski definition) is 2. The van der Waals surface area contributed by atoms with Gasteiger partial charge in [0.05, 0.1) is 11.2 Å². The number of nitrogens with zero attached hydrogens (tertiary/aromatic N) is 1. The van der Waals surface area contributed by atoms with Crippen molar-refractivity contribution in [1.29, 1.82) is 0 Å². The van der Waals surface area contributed by atoms with E-state index in [1.54, 1.807) is 0 Å². The summed E-state index contributed by atoms with van der Waals surface area (Å²) in [5.74, 6) is 0. The number of aliphatic hydroxyl groups is 1. The van der Waals surface area contributed by atoms with Gasteiger partial charge in [-0.1, -0.05) is 6.07 Å². The van der Waals surface area contributed by atoms with E-state index in [1.807, 2.05) is 35.7 Å². The smallest absolute Gasteiger partial charge is 0.107 e. The van der Waals surface area contributed by atoms with Crippen LogP contribution in [0.1, 0.15) is 17.4 Å². The SMILES string of the molecule is Cc1c(Br)c2ccccn2c1C(O)CN. The van der Waals surface area contributed by atoms with Gasteiger partial charge in [0.25, 0.3) is 0 Å². The molecule has 2 aromatic rings. The van der Waals surface area contributed by atoms with Crippen LogP contribution in [0.25, 0.3) is 5.52 Å². The van der Waals surface area contributed by atoms with E-state index < -0.39 is 6.10 Å². The van der Waals surface area contributed by atoms with Crippen molar-refractivity contribution in [3.05, 3.63) is 40.1 Å². The summed E-state index contributed by atoms with van der Waals surface area (Å²) in [6.45, 7) is 2.21. The Morgan fingerprint density at radius 3 is 2.93 bits per heavy atom. The molecule has 2 aromatic heterocycles. The van der Waals surface area contributed by atoms with E-state index in [2.05, 4.69) is 15.9 Å². The summed E-state index contributed by atoms with van der Waals surface area (Å²) in [7, 11) is 0. The molecule has 1 unspecified atom stereocenters. The lowest BCUT2D eigenvalue weighted by Gasteiger charge is -2.09. The zero-order valence-electron chi connectivity index (χ0n) is 8.44. The van der Waals surface area contributed by atoms with E-state index in [0.29, 0.717) is 0 Å². The highest BCUT2D eigenvalue weighted by atomic mass is 79.9. The highest BCUT2D eigenvalue weighted by Crippen LogP contribution is 2.31. The molecule has 0 amide bonds. The van der Waals surface area contributed by atoms with Gasteiger partial charge in [0.15, 0.2) is 0 Å². The predicted octanol–water partition coefficient (Wildman–Crippen LogP) is 2.00. The Balaban J connectivity index is 2.77. The van der Waals surface area contributed by atoms with Crippen LogP contribution in [0.2, 0.25) is 0 Å². The molecule has 0 fully saturated rings. The topological polar surface area (TPSA) is 50.7 Å². The summed E-state index contributed by atoms with van der Waals surface area (Å²) in [6.07, 6.45) is 1.31. The molecule has 0 aliphatic carbocycles. The van der Waals surface area contributed by atoms with Gasteiger partial charge in [-0.15, -0.1) is 0 Å².